The van der Waals surface area contributed by atoms with Crippen molar-refractivity contribution in [3.63, 3.8) is 0 Å². The van der Waals surface area contributed by atoms with E-state index >= 15 is 0 Å². The lowest BCUT2D eigenvalue weighted by atomic mass is 10.2. The zero-order valence-corrected chi connectivity index (χ0v) is 12.3. The van der Waals surface area contributed by atoms with Crippen molar-refractivity contribution in [1.82, 2.24) is 4.98 Å². The second kappa shape index (κ2) is 6.54. The summed E-state index contributed by atoms with van der Waals surface area (Å²) in [5.41, 5.74) is 7.48. The quantitative estimate of drug-likeness (QED) is 0.887. The van der Waals surface area contributed by atoms with Crippen LogP contribution in [0.25, 0.3) is 0 Å². The van der Waals surface area contributed by atoms with Gasteiger partial charge in [-0.25, -0.2) is 4.98 Å². The third-order valence-corrected chi connectivity index (χ3v) is 3.37. The van der Waals surface area contributed by atoms with E-state index in [1.807, 2.05) is 37.3 Å². The Morgan fingerprint density at radius 3 is 2.95 bits per heavy atom. The van der Waals surface area contributed by atoms with Crippen LogP contribution in [0.3, 0.4) is 0 Å². The number of nitrogens with zero attached hydrogens (tertiary/aromatic N) is 1. The lowest BCUT2D eigenvalue weighted by molar-refractivity contribution is 0.328. The molecule has 0 atom stereocenters. The Morgan fingerprint density at radius 2 is 2.21 bits per heavy atom. The van der Waals surface area contributed by atoms with Gasteiger partial charge < -0.3 is 15.8 Å². The lowest BCUT2D eigenvalue weighted by Crippen LogP contribution is -2.10. The van der Waals surface area contributed by atoms with E-state index in [1.165, 1.54) is 0 Å². The zero-order chi connectivity index (χ0) is 13.7. The van der Waals surface area contributed by atoms with Crippen LogP contribution in [0.5, 0.6) is 5.75 Å². The van der Waals surface area contributed by atoms with Gasteiger partial charge >= 0.3 is 0 Å². The summed E-state index contributed by atoms with van der Waals surface area (Å²) in [7, 11) is 0. The molecule has 0 spiro atoms. The molecule has 0 radical (unpaired) electrons. The lowest BCUT2D eigenvalue weighted by Gasteiger charge is -2.09. The molecule has 1 heterocycles. The first-order valence-electron chi connectivity index (χ1n) is 6.01. The molecular formula is C14H16BrN3O. The fraction of sp³-hybridized carbons (Fsp3) is 0.214. The molecule has 0 saturated heterocycles. The monoisotopic (exact) mass is 321 g/mol. The van der Waals surface area contributed by atoms with Crippen LogP contribution in [0.15, 0.2) is 41.0 Å². The number of halogens is 1. The van der Waals surface area contributed by atoms with E-state index in [1.54, 1.807) is 6.20 Å². The minimum Gasteiger partial charge on any atom is -0.492 e. The van der Waals surface area contributed by atoms with Gasteiger partial charge in [0.1, 0.15) is 18.2 Å². The van der Waals surface area contributed by atoms with Crippen molar-refractivity contribution in [2.45, 2.75) is 6.92 Å². The number of hydrogen-bond donors (Lipinski definition) is 2. The van der Waals surface area contributed by atoms with Crippen LogP contribution in [-0.4, -0.2) is 18.1 Å². The number of benzene rings is 1. The van der Waals surface area contributed by atoms with E-state index in [0.29, 0.717) is 13.2 Å². The molecule has 19 heavy (non-hydrogen) atoms. The predicted molar refractivity (Wildman–Crippen MR) is 80.9 cm³/mol. The maximum Gasteiger partial charge on any atom is 0.130 e. The average Bonchev–Trinajstić information content (AvgIpc) is 2.41. The van der Waals surface area contributed by atoms with E-state index < -0.39 is 0 Å². The number of rotatable bonds is 5. The van der Waals surface area contributed by atoms with Crippen LogP contribution in [0.2, 0.25) is 0 Å². The van der Waals surface area contributed by atoms with Crippen molar-refractivity contribution in [3.05, 3.63) is 46.6 Å². The standard InChI is InChI=1S/C14H16BrN3O/c1-10-7-14(17-9-13(10)15)18-11-3-2-4-12(8-11)19-6-5-16/h2-4,7-9H,5-6,16H2,1H3,(H,17,18). The number of hydrogen-bond acceptors (Lipinski definition) is 4. The van der Waals surface area contributed by atoms with Gasteiger partial charge in [-0.05, 0) is 46.6 Å². The summed E-state index contributed by atoms with van der Waals surface area (Å²) in [4.78, 5) is 4.31. The van der Waals surface area contributed by atoms with Gasteiger partial charge in [-0.1, -0.05) is 6.07 Å². The minimum absolute atomic E-state index is 0.505. The predicted octanol–water partition coefficient (Wildman–Crippen LogP) is 3.23. The molecule has 2 aromatic rings. The van der Waals surface area contributed by atoms with Crippen molar-refractivity contribution < 1.29 is 4.74 Å². The molecule has 0 aliphatic carbocycles. The van der Waals surface area contributed by atoms with E-state index in [0.717, 1.165) is 27.3 Å². The largest absolute Gasteiger partial charge is 0.492 e. The summed E-state index contributed by atoms with van der Waals surface area (Å²) in [6, 6.07) is 9.71. The normalized spacial score (nSPS) is 10.3. The molecule has 0 bridgehead atoms. The van der Waals surface area contributed by atoms with Crippen molar-refractivity contribution >= 4 is 27.4 Å². The Kier molecular flexibility index (Phi) is 4.76. The van der Waals surface area contributed by atoms with Crippen LogP contribution < -0.4 is 15.8 Å². The van der Waals surface area contributed by atoms with Crippen molar-refractivity contribution in [2.24, 2.45) is 5.73 Å². The Hall–Kier alpha value is -1.59. The van der Waals surface area contributed by atoms with Crippen LogP contribution in [0, 0.1) is 6.92 Å². The molecule has 0 unspecified atom stereocenters. The van der Waals surface area contributed by atoms with Gasteiger partial charge in [0.25, 0.3) is 0 Å². The molecule has 4 nitrogen and oxygen atoms in total. The van der Waals surface area contributed by atoms with E-state index in [9.17, 15) is 0 Å². The molecule has 0 saturated carbocycles. The summed E-state index contributed by atoms with van der Waals surface area (Å²) < 4.78 is 6.48. The van der Waals surface area contributed by atoms with Crippen molar-refractivity contribution in [2.75, 3.05) is 18.5 Å². The Morgan fingerprint density at radius 1 is 1.37 bits per heavy atom. The first-order chi connectivity index (χ1) is 9.19. The molecule has 0 amide bonds. The third-order valence-electron chi connectivity index (χ3n) is 2.54. The summed E-state index contributed by atoms with van der Waals surface area (Å²) in [5, 5.41) is 3.25. The summed E-state index contributed by atoms with van der Waals surface area (Å²) in [6.45, 7) is 3.04. The van der Waals surface area contributed by atoms with Crippen LogP contribution in [0.1, 0.15) is 5.56 Å². The fourth-order valence-electron chi connectivity index (χ4n) is 1.60. The molecule has 1 aromatic heterocycles. The number of pyridine rings is 1. The van der Waals surface area contributed by atoms with Crippen LogP contribution >= 0.6 is 15.9 Å². The number of aromatic nitrogens is 1. The van der Waals surface area contributed by atoms with E-state index in [4.69, 9.17) is 10.5 Å². The van der Waals surface area contributed by atoms with Gasteiger partial charge in [-0.2, -0.15) is 0 Å². The number of aryl methyl sites for hydroxylation is 1. The smallest absolute Gasteiger partial charge is 0.130 e. The Bertz CT molecular complexity index is 560. The number of anilines is 2. The molecule has 0 aliphatic heterocycles. The van der Waals surface area contributed by atoms with Gasteiger partial charge in [0.2, 0.25) is 0 Å². The molecule has 5 heteroatoms. The molecule has 100 valence electrons. The molecule has 2 rings (SSSR count). The second-order valence-electron chi connectivity index (χ2n) is 4.11. The topological polar surface area (TPSA) is 60.2 Å². The summed E-state index contributed by atoms with van der Waals surface area (Å²) >= 11 is 3.43. The first-order valence-corrected chi connectivity index (χ1v) is 6.80. The molecule has 0 aliphatic rings. The highest BCUT2D eigenvalue weighted by atomic mass is 79.9. The molecule has 1 aromatic carbocycles. The van der Waals surface area contributed by atoms with Gasteiger partial charge in [0.05, 0.1) is 0 Å². The number of nitrogens with two attached hydrogens (primary N) is 1. The number of ether oxygens (including phenoxy) is 1. The highest BCUT2D eigenvalue weighted by Gasteiger charge is 2.01. The van der Waals surface area contributed by atoms with Gasteiger partial charge in [-0.3, -0.25) is 0 Å². The highest BCUT2D eigenvalue weighted by molar-refractivity contribution is 9.10. The summed E-state index contributed by atoms with van der Waals surface area (Å²) in [6.07, 6.45) is 1.78. The van der Waals surface area contributed by atoms with E-state index in [-0.39, 0.29) is 0 Å². The number of nitrogens with one attached hydrogen (secondary N) is 1. The highest BCUT2D eigenvalue weighted by Crippen LogP contribution is 2.23. The molecular weight excluding hydrogens is 306 g/mol. The van der Waals surface area contributed by atoms with Gasteiger partial charge in [0.15, 0.2) is 0 Å². The average molecular weight is 322 g/mol. The SMILES string of the molecule is Cc1cc(Nc2cccc(OCCN)c2)ncc1Br. The second-order valence-corrected chi connectivity index (χ2v) is 4.96. The van der Waals surface area contributed by atoms with E-state index in [2.05, 4.69) is 26.2 Å². The van der Waals surface area contributed by atoms with Crippen LogP contribution in [0.4, 0.5) is 11.5 Å². The summed E-state index contributed by atoms with van der Waals surface area (Å²) in [5.74, 6) is 1.60. The van der Waals surface area contributed by atoms with Crippen molar-refractivity contribution in [3.8, 4) is 5.75 Å². The maximum absolute atomic E-state index is 5.48. The van der Waals surface area contributed by atoms with Crippen molar-refractivity contribution in [1.29, 1.82) is 0 Å². The fourth-order valence-corrected chi connectivity index (χ4v) is 1.81. The first kappa shape index (κ1) is 13.8. The Balaban J connectivity index is 2.11. The Labute approximate surface area is 121 Å². The minimum atomic E-state index is 0.505. The molecule has 3 N–H and O–H groups in total. The third kappa shape index (κ3) is 3.94. The zero-order valence-electron chi connectivity index (χ0n) is 10.7. The maximum atomic E-state index is 5.48. The van der Waals surface area contributed by atoms with Gasteiger partial charge in [0, 0.05) is 29.0 Å². The molecule has 0 fully saturated rings. The van der Waals surface area contributed by atoms with Gasteiger partial charge in [-0.15, -0.1) is 0 Å². The van der Waals surface area contributed by atoms with Crippen LogP contribution in [-0.2, 0) is 0 Å².